The van der Waals surface area contributed by atoms with Crippen LogP contribution in [0.25, 0.3) is 0 Å². The molecule has 3 atom stereocenters. The zero-order valence-corrected chi connectivity index (χ0v) is 14.6. The second kappa shape index (κ2) is 6.17. The van der Waals surface area contributed by atoms with E-state index < -0.39 is 0 Å². The fraction of sp³-hybridized carbons (Fsp3) is 0.889. The van der Waals surface area contributed by atoms with Crippen molar-refractivity contribution in [2.75, 3.05) is 6.61 Å². The lowest BCUT2D eigenvalue weighted by molar-refractivity contribution is -0.152. The highest BCUT2D eigenvalue weighted by molar-refractivity contribution is 5.12. The van der Waals surface area contributed by atoms with E-state index in [0.717, 1.165) is 31.2 Å². The summed E-state index contributed by atoms with van der Waals surface area (Å²) in [4.78, 5) is 4.69. The Morgan fingerprint density at radius 1 is 1.26 bits per heavy atom. The third kappa shape index (κ3) is 2.62. The quantitative estimate of drug-likeness (QED) is 0.926. The summed E-state index contributed by atoms with van der Waals surface area (Å²) in [5.41, 5.74) is 0.381. The molecular formula is C18H30N4O. The summed E-state index contributed by atoms with van der Waals surface area (Å²) in [5.74, 6) is 2.06. The van der Waals surface area contributed by atoms with Crippen LogP contribution in [0.15, 0.2) is 0 Å². The first-order valence-electron chi connectivity index (χ1n) is 9.52. The van der Waals surface area contributed by atoms with Gasteiger partial charge in [0.25, 0.3) is 0 Å². The van der Waals surface area contributed by atoms with E-state index in [-0.39, 0.29) is 0 Å². The Morgan fingerprint density at radius 2 is 2.09 bits per heavy atom. The van der Waals surface area contributed by atoms with Crippen molar-refractivity contribution in [3.8, 4) is 0 Å². The standard InChI is InChI=1S/C18H30N4O/c1-3-23-16-12-15(18(16)9-5-4-6-10-18)20-14-8-7-11-22-17(14)19-13(2)21-22/h14-16,20H,3-12H2,1-2H3/t14-,15-,16-/m1/s1. The summed E-state index contributed by atoms with van der Waals surface area (Å²) in [6, 6.07) is 0.962. The average Bonchev–Trinajstić information content (AvgIpc) is 2.96. The van der Waals surface area contributed by atoms with Gasteiger partial charge in [0.15, 0.2) is 0 Å². The molecule has 0 radical (unpaired) electrons. The van der Waals surface area contributed by atoms with Crippen molar-refractivity contribution >= 4 is 0 Å². The minimum absolute atomic E-state index is 0.372. The Bertz CT molecular complexity index is 549. The van der Waals surface area contributed by atoms with Gasteiger partial charge in [-0.1, -0.05) is 19.3 Å². The number of ether oxygens (including phenoxy) is 1. The van der Waals surface area contributed by atoms with Gasteiger partial charge in [-0.3, -0.25) is 0 Å². The van der Waals surface area contributed by atoms with E-state index in [9.17, 15) is 0 Å². The van der Waals surface area contributed by atoms with Gasteiger partial charge < -0.3 is 10.1 Å². The largest absolute Gasteiger partial charge is 0.378 e. The Hall–Kier alpha value is -0.940. The number of fused-ring (bicyclic) bond motifs is 1. The molecule has 128 valence electrons. The number of nitrogens with zero attached hydrogens (tertiary/aromatic N) is 3. The third-order valence-corrected chi connectivity index (χ3v) is 6.32. The molecule has 0 unspecified atom stereocenters. The maximum Gasteiger partial charge on any atom is 0.147 e. The Kier molecular flexibility index (Phi) is 4.18. The van der Waals surface area contributed by atoms with Crippen molar-refractivity contribution in [2.45, 2.75) is 89.9 Å². The van der Waals surface area contributed by atoms with Gasteiger partial charge in [-0.2, -0.15) is 5.10 Å². The first kappa shape index (κ1) is 15.6. The Labute approximate surface area is 139 Å². The molecule has 23 heavy (non-hydrogen) atoms. The molecule has 1 aromatic rings. The highest BCUT2D eigenvalue weighted by Gasteiger charge is 2.56. The lowest BCUT2D eigenvalue weighted by atomic mass is 9.55. The van der Waals surface area contributed by atoms with Gasteiger partial charge in [0, 0.05) is 24.6 Å². The van der Waals surface area contributed by atoms with Crippen LogP contribution in [-0.2, 0) is 11.3 Å². The lowest BCUT2D eigenvalue weighted by Crippen LogP contribution is -2.65. The zero-order valence-electron chi connectivity index (χ0n) is 14.6. The van der Waals surface area contributed by atoms with Crippen molar-refractivity contribution in [3.63, 3.8) is 0 Å². The van der Waals surface area contributed by atoms with E-state index in [2.05, 4.69) is 22.0 Å². The molecule has 2 aliphatic carbocycles. The van der Waals surface area contributed by atoms with E-state index in [1.165, 1.54) is 44.9 Å². The van der Waals surface area contributed by atoms with Crippen LogP contribution in [0, 0.1) is 12.3 Å². The molecule has 2 fully saturated rings. The van der Waals surface area contributed by atoms with E-state index in [0.29, 0.717) is 23.6 Å². The van der Waals surface area contributed by atoms with E-state index in [1.807, 2.05) is 6.92 Å². The molecule has 3 aliphatic rings. The van der Waals surface area contributed by atoms with Crippen molar-refractivity contribution in [3.05, 3.63) is 11.6 Å². The third-order valence-electron chi connectivity index (χ3n) is 6.32. The van der Waals surface area contributed by atoms with Gasteiger partial charge in [0.2, 0.25) is 0 Å². The van der Waals surface area contributed by atoms with Gasteiger partial charge >= 0.3 is 0 Å². The normalized spacial score (nSPS) is 32.5. The van der Waals surface area contributed by atoms with Crippen LogP contribution >= 0.6 is 0 Å². The van der Waals surface area contributed by atoms with Crippen LogP contribution < -0.4 is 5.32 Å². The van der Waals surface area contributed by atoms with Gasteiger partial charge in [0.1, 0.15) is 11.6 Å². The summed E-state index contributed by atoms with van der Waals surface area (Å²) < 4.78 is 8.20. The fourth-order valence-electron chi connectivity index (χ4n) is 5.17. The SMILES string of the molecule is CCO[C@@H]1C[C@@H](N[C@@H]2CCCn3nc(C)nc32)C12CCCCC2. The fourth-order valence-corrected chi connectivity index (χ4v) is 5.17. The predicted octanol–water partition coefficient (Wildman–Crippen LogP) is 3.14. The van der Waals surface area contributed by atoms with Gasteiger partial charge in [0.05, 0.1) is 12.1 Å². The minimum Gasteiger partial charge on any atom is -0.378 e. The first-order valence-corrected chi connectivity index (χ1v) is 9.52. The molecule has 2 saturated carbocycles. The maximum absolute atomic E-state index is 6.09. The smallest absolute Gasteiger partial charge is 0.147 e. The van der Waals surface area contributed by atoms with E-state index in [4.69, 9.17) is 9.72 Å². The number of nitrogens with one attached hydrogen (secondary N) is 1. The van der Waals surface area contributed by atoms with E-state index >= 15 is 0 Å². The summed E-state index contributed by atoms with van der Waals surface area (Å²) in [6.45, 7) is 5.99. The van der Waals surface area contributed by atoms with Crippen molar-refractivity contribution < 1.29 is 4.74 Å². The topological polar surface area (TPSA) is 52.0 Å². The van der Waals surface area contributed by atoms with Crippen LogP contribution in [0.2, 0.25) is 0 Å². The lowest BCUT2D eigenvalue weighted by Gasteiger charge is -2.58. The van der Waals surface area contributed by atoms with Crippen LogP contribution in [0.5, 0.6) is 0 Å². The minimum atomic E-state index is 0.372. The van der Waals surface area contributed by atoms with Crippen LogP contribution in [-0.4, -0.2) is 33.5 Å². The summed E-state index contributed by atoms with van der Waals surface area (Å²) in [5, 5.41) is 8.51. The van der Waals surface area contributed by atoms with Crippen LogP contribution in [0.1, 0.15) is 76.0 Å². The van der Waals surface area contributed by atoms with E-state index in [1.54, 1.807) is 0 Å². The molecule has 1 aromatic heterocycles. The first-order chi connectivity index (χ1) is 11.2. The molecule has 0 aromatic carbocycles. The number of hydrogen-bond donors (Lipinski definition) is 1. The molecule has 1 aliphatic heterocycles. The van der Waals surface area contributed by atoms with Crippen molar-refractivity contribution in [1.82, 2.24) is 20.1 Å². The highest BCUT2D eigenvalue weighted by atomic mass is 16.5. The molecule has 4 rings (SSSR count). The van der Waals surface area contributed by atoms with Crippen molar-refractivity contribution in [2.24, 2.45) is 5.41 Å². The molecule has 1 N–H and O–H groups in total. The van der Waals surface area contributed by atoms with Crippen LogP contribution in [0.4, 0.5) is 0 Å². The second-order valence-corrected chi connectivity index (χ2v) is 7.63. The predicted molar refractivity (Wildman–Crippen MR) is 89.2 cm³/mol. The van der Waals surface area contributed by atoms with Gasteiger partial charge in [-0.15, -0.1) is 0 Å². The highest BCUT2D eigenvalue weighted by Crippen LogP contribution is 2.54. The van der Waals surface area contributed by atoms with Gasteiger partial charge in [-0.25, -0.2) is 9.67 Å². The zero-order chi connectivity index (χ0) is 15.9. The number of rotatable bonds is 4. The molecule has 0 bridgehead atoms. The summed E-state index contributed by atoms with van der Waals surface area (Å²) in [6.07, 6.45) is 10.8. The molecule has 5 nitrogen and oxygen atoms in total. The molecule has 0 saturated heterocycles. The number of aryl methyl sites for hydroxylation is 2. The summed E-state index contributed by atoms with van der Waals surface area (Å²) in [7, 11) is 0. The molecule has 5 heteroatoms. The van der Waals surface area contributed by atoms with Crippen LogP contribution in [0.3, 0.4) is 0 Å². The number of aromatic nitrogens is 3. The molecular weight excluding hydrogens is 288 g/mol. The molecule has 2 heterocycles. The second-order valence-electron chi connectivity index (χ2n) is 7.63. The average molecular weight is 318 g/mol. The Morgan fingerprint density at radius 3 is 2.87 bits per heavy atom. The maximum atomic E-state index is 6.09. The number of hydrogen-bond acceptors (Lipinski definition) is 4. The van der Waals surface area contributed by atoms with Crippen molar-refractivity contribution in [1.29, 1.82) is 0 Å². The Balaban J connectivity index is 1.50. The van der Waals surface area contributed by atoms with Gasteiger partial charge in [-0.05, 0) is 46.0 Å². The molecule has 1 spiro atoms. The summed E-state index contributed by atoms with van der Waals surface area (Å²) >= 11 is 0. The monoisotopic (exact) mass is 318 g/mol. The molecule has 0 amide bonds.